The van der Waals surface area contributed by atoms with Gasteiger partial charge in [-0.2, -0.15) is 10.1 Å². The predicted molar refractivity (Wildman–Crippen MR) is 98.3 cm³/mol. The third-order valence-corrected chi connectivity index (χ3v) is 3.95. The minimum atomic E-state index is -0.810. The van der Waals surface area contributed by atoms with Crippen molar-refractivity contribution in [3.8, 4) is 0 Å². The average molecular weight is 386 g/mol. The molecule has 0 bridgehead atoms. The van der Waals surface area contributed by atoms with Crippen LogP contribution in [0.1, 0.15) is 13.3 Å². The summed E-state index contributed by atoms with van der Waals surface area (Å²) in [5.41, 5.74) is 0.0240. The standard InChI is InChI=1S/C17H14N4O5S/c1-2-26-16(25)14-11(9-20-13(23)8-12(22)18-17(20)27)15(24)21(19-14)10-6-4-3-5-7-10/h3-7,9H,2,8H2,1H3,(H,18,22,27)/b11-9+. The van der Waals surface area contributed by atoms with Crippen LogP contribution >= 0.6 is 12.2 Å². The number of esters is 1. The second-order valence-corrected chi connectivity index (χ2v) is 5.84. The second-order valence-electron chi connectivity index (χ2n) is 5.46. The van der Waals surface area contributed by atoms with E-state index in [1.807, 2.05) is 0 Å². The number of hydrazone groups is 1. The first kappa shape index (κ1) is 18.4. The molecule has 0 atom stereocenters. The van der Waals surface area contributed by atoms with Crippen molar-refractivity contribution < 1.29 is 23.9 Å². The molecule has 0 saturated carbocycles. The van der Waals surface area contributed by atoms with E-state index >= 15 is 0 Å². The van der Waals surface area contributed by atoms with Crippen LogP contribution in [-0.2, 0) is 23.9 Å². The smallest absolute Gasteiger partial charge is 0.359 e. The van der Waals surface area contributed by atoms with E-state index in [2.05, 4.69) is 10.4 Å². The van der Waals surface area contributed by atoms with Gasteiger partial charge < -0.3 is 10.1 Å². The van der Waals surface area contributed by atoms with Crippen molar-refractivity contribution in [3.05, 3.63) is 42.1 Å². The highest BCUT2D eigenvalue weighted by molar-refractivity contribution is 7.80. The van der Waals surface area contributed by atoms with Gasteiger partial charge in [0.15, 0.2) is 10.8 Å². The van der Waals surface area contributed by atoms with E-state index in [-0.39, 0.29) is 23.0 Å². The molecule has 0 unspecified atom stereocenters. The van der Waals surface area contributed by atoms with E-state index in [4.69, 9.17) is 17.0 Å². The molecular weight excluding hydrogens is 372 g/mol. The van der Waals surface area contributed by atoms with Gasteiger partial charge in [-0.3, -0.25) is 19.3 Å². The van der Waals surface area contributed by atoms with Gasteiger partial charge in [-0.1, -0.05) is 18.2 Å². The lowest BCUT2D eigenvalue weighted by atomic mass is 10.1. The van der Waals surface area contributed by atoms with E-state index < -0.39 is 30.1 Å². The summed E-state index contributed by atoms with van der Waals surface area (Å²) >= 11 is 4.98. The summed E-state index contributed by atoms with van der Waals surface area (Å²) in [6, 6.07) is 8.48. The van der Waals surface area contributed by atoms with Gasteiger partial charge in [0, 0.05) is 6.20 Å². The van der Waals surface area contributed by atoms with Gasteiger partial charge in [-0.15, -0.1) is 0 Å². The van der Waals surface area contributed by atoms with E-state index in [0.717, 1.165) is 16.1 Å². The SMILES string of the molecule is CCOC(=O)C1=NN(c2ccccc2)C(=O)/C1=C/N1C(=O)CC(=O)NC1=S. The minimum Gasteiger partial charge on any atom is -0.461 e. The molecule has 0 aromatic heterocycles. The van der Waals surface area contributed by atoms with Crippen LogP contribution in [0.15, 0.2) is 47.2 Å². The van der Waals surface area contributed by atoms with Crippen LogP contribution in [0, 0.1) is 0 Å². The van der Waals surface area contributed by atoms with Crippen molar-refractivity contribution in [3.63, 3.8) is 0 Å². The molecular formula is C17H14N4O5S. The topological polar surface area (TPSA) is 108 Å². The second kappa shape index (κ2) is 7.46. The molecule has 0 radical (unpaired) electrons. The minimum absolute atomic E-state index is 0.0851. The van der Waals surface area contributed by atoms with Gasteiger partial charge in [-0.05, 0) is 31.3 Å². The molecule has 3 amide bonds. The number of benzene rings is 1. The first-order chi connectivity index (χ1) is 12.9. The molecule has 1 N–H and O–H groups in total. The molecule has 10 heteroatoms. The van der Waals surface area contributed by atoms with Gasteiger partial charge in [0.05, 0.1) is 17.9 Å². The Labute approximate surface area is 159 Å². The molecule has 1 aromatic rings. The van der Waals surface area contributed by atoms with Gasteiger partial charge in [0.1, 0.15) is 6.42 Å². The number of amides is 3. The molecule has 1 saturated heterocycles. The average Bonchev–Trinajstić information content (AvgIpc) is 2.95. The van der Waals surface area contributed by atoms with Crippen molar-refractivity contribution in [1.29, 1.82) is 0 Å². The normalized spacial score (nSPS) is 18.7. The van der Waals surface area contributed by atoms with Gasteiger partial charge in [-0.25, -0.2) is 4.79 Å². The molecule has 3 rings (SSSR count). The number of ether oxygens (including phenoxy) is 1. The molecule has 2 aliphatic rings. The van der Waals surface area contributed by atoms with Crippen LogP contribution in [0.4, 0.5) is 5.69 Å². The Bertz CT molecular complexity index is 889. The van der Waals surface area contributed by atoms with Crippen molar-refractivity contribution in [1.82, 2.24) is 10.2 Å². The summed E-state index contributed by atoms with van der Waals surface area (Å²) in [6.45, 7) is 1.70. The molecule has 1 aromatic carbocycles. The van der Waals surface area contributed by atoms with Crippen molar-refractivity contribution in [2.24, 2.45) is 5.10 Å². The fraction of sp³-hybridized carbons (Fsp3) is 0.176. The van der Waals surface area contributed by atoms with E-state index in [1.54, 1.807) is 37.3 Å². The van der Waals surface area contributed by atoms with Gasteiger partial charge in [0.2, 0.25) is 11.8 Å². The molecule has 138 valence electrons. The summed E-state index contributed by atoms with van der Waals surface area (Å²) in [5, 5.41) is 7.24. The number of carbonyl (C=O) groups excluding carboxylic acids is 4. The van der Waals surface area contributed by atoms with Gasteiger partial charge >= 0.3 is 5.97 Å². The maximum Gasteiger partial charge on any atom is 0.359 e. The maximum atomic E-state index is 12.8. The number of rotatable bonds is 4. The van der Waals surface area contributed by atoms with E-state index in [0.29, 0.717) is 5.69 Å². The lowest BCUT2D eigenvalue weighted by molar-refractivity contribution is -0.135. The Balaban J connectivity index is 2.01. The number of nitrogens with zero attached hydrogens (tertiary/aromatic N) is 3. The Morgan fingerprint density at radius 2 is 2.00 bits per heavy atom. The van der Waals surface area contributed by atoms with Crippen LogP contribution in [0.3, 0.4) is 0 Å². The summed E-state index contributed by atoms with van der Waals surface area (Å²) in [5.74, 6) is -2.60. The molecule has 9 nitrogen and oxygen atoms in total. The Hall–Kier alpha value is -3.40. The van der Waals surface area contributed by atoms with Crippen LogP contribution in [0.5, 0.6) is 0 Å². The summed E-state index contributed by atoms with van der Waals surface area (Å²) < 4.78 is 4.95. The lowest BCUT2D eigenvalue weighted by Gasteiger charge is -2.24. The van der Waals surface area contributed by atoms with Crippen LogP contribution < -0.4 is 10.3 Å². The van der Waals surface area contributed by atoms with Gasteiger partial charge in [0.25, 0.3) is 5.91 Å². The fourth-order valence-electron chi connectivity index (χ4n) is 2.44. The summed E-state index contributed by atoms with van der Waals surface area (Å²) in [7, 11) is 0. The van der Waals surface area contributed by atoms with Crippen molar-refractivity contribution in [2.75, 3.05) is 11.6 Å². The zero-order valence-corrected chi connectivity index (χ0v) is 15.0. The first-order valence-corrected chi connectivity index (χ1v) is 8.36. The third-order valence-electron chi connectivity index (χ3n) is 3.65. The number of thiocarbonyl (C=S) groups is 1. The molecule has 0 spiro atoms. The molecule has 2 heterocycles. The van der Waals surface area contributed by atoms with Crippen molar-refractivity contribution in [2.45, 2.75) is 13.3 Å². The number of hydrogen-bond acceptors (Lipinski definition) is 7. The van der Waals surface area contributed by atoms with Crippen LogP contribution in [-0.4, -0.2) is 46.0 Å². The molecule has 0 aliphatic carbocycles. The highest BCUT2D eigenvalue weighted by Gasteiger charge is 2.38. The lowest BCUT2D eigenvalue weighted by Crippen LogP contribution is -2.50. The van der Waals surface area contributed by atoms with E-state index in [9.17, 15) is 19.2 Å². The zero-order valence-electron chi connectivity index (χ0n) is 14.2. The predicted octanol–water partition coefficient (Wildman–Crippen LogP) is 0.470. The zero-order chi connectivity index (χ0) is 19.6. The Morgan fingerprint density at radius 3 is 2.63 bits per heavy atom. The Kier molecular flexibility index (Phi) is 5.08. The summed E-state index contributed by atoms with van der Waals surface area (Å²) in [4.78, 5) is 49.5. The fourth-order valence-corrected chi connectivity index (χ4v) is 2.71. The van der Waals surface area contributed by atoms with Crippen LogP contribution in [0.25, 0.3) is 0 Å². The number of carbonyl (C=O) groups is 4. The maximum absolute atomic E-state index is 12.8. The number of nitrogens with one attached hydrogen (secondary N) is 1. The van der Waals surface area contributed by atoms with E-state index in [1.165, 1.54) is 0 Å². The number of para-hydroxylation sites is 1. The summed E-state index contributed by atoms with van der Waals surface area (Å²) in [6.07, 6.45) is 0.678. The monoisotopic (exact) mass is 386 g/mol. The van der Waals surface area contributed by atoms with Crippen LogP contribution in [0.2, 0.25) is 0 Å². The third kappa shape index (κ3) is 3.60. The first-order valence-electron chi connectivity index (χ1n) is 7.95. The number of anilines is 1. The highest BCUT2D eigenvalue weighted by Crippen LogP contribution is 2.24. The quantitative estimate of drug-likeness (QED) is 0.349. The van der Waals surface area contributed by atoms with Crippen molar-refractivity contribution >= 4 is 52.4 Å². The molecule has 27 heavy (non-hydrogen) atoms. The Morgan fingerprint density at radius 1 is 1.30 bits per heavy atom. The molecule has 1 fully saturated rings. The highest BCUT2D eigenvalue weighted by atomic mass is 32.1. The molecule has 2 aliphatic heterocycles. The largest absolute Gasteiger partial charge is 0.461 e. The number of hydrogen-bond donors (Lipinski definition) is 1.